The molecule has 0 amide bonds. The van der Waals surface area contributed by atoms with E-state index in [4.69, 9.17) is 4.74 Å². The molecule has 0 aliphatic carbocycles. The fourth-order valence-electron chi connectivity index (χ4n) is 0.864. The van der Waals surface area contributed by atoms with Gasteiger partial charge in [-0.15, -0.1) is 0 Å². The first-order valence-corrected chi connectivity index (χ1v) is 5.46. The summed E-state index contributed by atoms with van der Waals surface area (Å²) < 4.78 is 18.0. The Balaban J connectivity index is 2.32. The molecule has 1 aromatic rings. The summed E-state index contributed by atoms with van der Waals surface area (Å²) in [6.45, 7) is 0.545. The average Bonchev–Trinajstić information content (AvgIpc) is 2.15. The Morgan fingerprint density at radius 3 is 3.15 bits per heavy atom. The van der Waals surface area contributed by atoms with Gasteiger partial charge in [0, 0.05) is 6.20 Å². The van der Waals surface area contributed by atoms with Crippen molar-refractivity contribution in [3.05, 3.63) is 24.3 Å². The number of ether oxygens (including phenoxy) is 1. The summed E-state index contributed by atoms with van der Waals surface area (Å²) in [7, 11) is 0. The molecule has 0 bridgehead atoms. The van der Waals surface area contributed by atoms with Gasteiger partial charge in [0.15, 0.2) is 5.75 Å². The van der Waals surface area contributed by atoms with E-state index in [0.29, 0.717) is 6.61 Å². The van der Waals surface area contributed by atoms with Gasteiger partial charge in [0.2, 0.25) is 0 Å². The zero-order chi connectivity index (χ0) is 9.52. The topological polar surface area (TPSA) is 22.1 Å². The van der Waals surface area contributed by atoms with Crippen molar-refractivity contribution in [2.75, 3.05) is 18.6 Å². The lowest BCUT2D eigenvalue weighted by Gasteiger charge is -2.04. The van der Waals surface area contributed by atoms with E-state index in [2.05, 4.69) is 4.98 Å². The molecule has 0 aliphatic rings. The molecule has 0 saturated heterocycles. The Morgan fingerprint density at radius 2 is 2.46 bits per heavy atom. The van der Waals surface area contributed by atoms with Gasteiger partial charge >= 0.3 is 0 Å². The van der Waals surface area contributed by atoms with Gasteiger partial charge in [-0.1, -0.05) is 0 Å². The first-order chi connectivity index (χ1) is 6.34. The Morgan fingerprint density at radius 1 is 1.62 bits per heavy atom. The van der Waals surface area contributed by atoms with Gasteiger partial charge in [-0.05, 0) is 30.6 Å². The normalized spacial score (nSPS) is 10.0. The Labute approximate surface area is 81.5 Å². The predicted octanol–water partition coefficient (Wildman–Crippen LogP) is 2.35. The zero-order valence-electron chi connectivity index (χ0n) is 7.50. The van der Waals surface area contributed by atoms with Gasteiger partial charge in [0.05, 0.1) is 6.61 Å². The SMILES string of the molecule is CSCCCOc1cccnc1F. The Kier molecular flexibility index (Phi) is 4.60. The van der Waals surface area contributed by atoms with Crippen molar-refractivity contribution in [1.82, 2.24) is 4.98 Å². The summed E-state index contributed by atoms with van der Waals surface area (Å²) in [6, 6.07) is 3.24. The minimum absolute atomic E-state index is 0.239. The van der Waals surface area contributed by atoms with Crippen molar-refractivity contribution >= 4 is 11.8 Å². The minimum Gasteiger partial charge on any atom is -0.489 e. The van der Waals surface area contributed by atoms with Crippen molar-refractivity contribution < 1.29 is 9.13 Å². The lowest BCUT2D eigenvalue weighted by Crippen LogP contribution is -2.00. The maximum absolute atomic E-state index is 12.9. The molecule has 1 rings (SSSR count). The molecule has 0 unspecified atom stereocenters. The third-order valence-electron chi connectivity index (χ3n) is 1.48. The Bertz CT molecular complexity index is 257. The van der Waals surface area contributed by atoms with Gasteiger partial charge in [-0.3, -0.25) is 0 Å². The predicted molar refractivity (Wildman–Crippen MR) is 52.7 cm³/mol. The number of aromatic nitrogens is 1. The summed E-state index contributed by atoms with van der Waals surface area (Å²) in [5.74, 6) is 0.734. The van der Waals surface area contributed by atoms with Crippen LogP contribution in [0.3, 0.4) is 0 Å². The maximum Gasteiger partial charge on any atom is 0.255 e. The van der Waals surface area contributed by atoms with Crippen molar-refractivity contribution in [3.8, 4) is 5.75 Å². The van der Waals surface area contributed by atoms with Crippen molar-refractivity contribution in [2.45, 2.75) is 6.42 Å². The fourth-order valence-corrected chi connectivity index (χ4v) is 1.27. The molecule has 1 heterocycles. The van der Waals surface area contributed by atoms with Crippen LogP contribution in [0, 0.1) is 5.95 Å². The lowest BCUT2D eigenvalue weighted by atomic mass is 10.4. The quantitative estimate of drug-likeness (QED) is 0.539. The largest absolute Gasteiger partial charge is 0.489 e. The molecule has 0 spiro atoms. The zero-order valence-corrected chi connectivity index (χ0v) is 8.31. The van der Waals surface area contributed by atoms with Crippen LogP contribution in [0.15, 0.2) is 18.3 Å². The van der Waals surface area contributed by atoms with Crippen LogP contribution >= 0.6 is 11.8 Å². The molecule has 0 aromatic carbocycles. The second kappa shape index (κ2) is 5.80. The molecule has 2 nitrogen and oxygen atoms in total. The molecule has 0 N–H and O–H groups in total. The van der Waals surface area contributed by atoms with Gasteiger partial charge in [0.25, 0.3) is 5.95 Å². The standard InChI is InChI=1S/C9H12FNOS/c1-13-7-3-6-12-8-4-2-5-11-9(8)10/h2,4-5H,3,6-7H2,1H3. The van der Waals surface area contributed by atoms with Crippen LogP contribution in [0.25, 0.3) is 0 Å². The highest BCUT2D eigenvalue weighted by molar-refractivity contribution is 7.98. The van der Waals surface area contributed by atoms with Gasteiger partial charge < -0.3 is 4.74 Å². The molecular weight excluding hydrogens is 189 g/mol. The van der Waals surface area contributed by atoms with Crippen LogP contribution in [0.2, 0.25) is 0 Å². The number of pyridine rings is 1. The number of hydrogen-bond acceptors (Lipinski definition) is 3. The maximum atomic E-state index is 12.9. The molecule has 0 saturated carbocycles. The van der Waals surface area contributed by atoms with E-state index in [1.54, 1.807) is 23.9 Å². The molecule has 0 atom stereocenters. The van der Waals surface area contributed by atoms with Crippen LogP contribution in [-0.2, 0) is 0 Å². The van der Waals surface area contributed by atoms with Crippen molar-refractivity contribution in [2.24, 2.45) is 0 Å². The second-order valence-electron chi connectivity index (χ2n) is 2.49. The smallest absolute Gasteiger partial charge is 0.255 e. The van der Waals surface area contributed by atoms with Crippen LogP contribution in [0.4, 0.5) is 4.39 Å². The molecule has 1 aromatic heterocycles. The summed E-state index contributed by atoms with van der Waals surface area (Å²) >= 11 is 1.75. The van der Waals surface area contributed by atoms with E-state index in [1.165, 1.54) is 6.20 Å². The van der Waals surface area contributed by atoms with E-state index < -0.39 is 5.95 Å². The number of halogens is 1. The highest BCUT2D eigenvalue weighted by atomic mass is 32.2. The molecule has 4 heteroatoms. The highest BCUT2D eigenvalue weighted by Crippen LogP contribution is 2.13. The van der Waals surface area contributed by atoms with Crippen molar-refractivity contribution in [3.63, 3.8) is 0 Å². The molecule has 13 heavy (non-hydrogen) atoms. The molecule has 0 aliphatic heterocycles. The fraction of sp³-hybridized carbons (Fsp3) is 0.444. The van der Waals surface area contributed by atoms with Gasteiger partial charge in [-0.25, -0.2) is 4.98 Å². The number of thioether (sulfide) groups is 1. The first-order valence-electron chi connectivity index (χ1n) is 4.07. The van der Waals surface area contributed by atoms with E-state index in [1.807, 2.05) is 6.26 Å². The summed E-state index contributed by atoms with van der Waals surface area (Å²) in [6.07, 6.45) is 4.37. The third kappa shape index (κ3) is 3.63. The Hall–Kier alpha value is -0.770. The van der Waals surface area contributed by atoms with Gasteiger partial charge in [0.1, 0.15) is 0 Å². The van der Waals surface area contributed by atoms with E-state index >= 15 is 0 Å². The number of nitrogens with zero attached hydrogens (tertiary/aromatic N) is 1. The monoisotopic (exact) mass is 201 g/mol. The third-order valence-corrected chi connectivity index (χ3v) is 2.17. The number of rotatable bonds is 5. The van der Waals surface area contributed by atoms with Crippen LogP contribution in [-0.4, -0.2) is 23.6 Å². The first kappa shape index (κ1) is 10.3. The highest BCUT2D eigenvalue weighted by Gasteiger charge is 2.01. The molecule has 72 valence electrons. The minimum atomic E-state index is -0.536. The summed E-state index contributed by atoms with van der Waals surface area (Å²) in [5, 5.41) is 0. The average molecular weight is 201 g/mol. The second-order valence-corrected chi connectivity index (χ2v) is 3.47. The van der Waals surface area contributed by atoms with Gasteiger partial charge in [-0.2, -0.15) is 16.2 Å². The molecule has 0 fully saturated rings. The van der Waals surface area contributed by atoms with Crippen molar-refractivity contribution in [1.29, 1.82) is 0 Å². The number of hydrogen-bond donors (Lipinski definition) is 0. The van der Waals surface area contributed by atoms with E-state index in [9.17, 15) is 4.39 Å². The van der Waals surface area contributed by atoms with Crippen LogP contribution < -0.4 is 4.74 Å². The summed E-state index contributed by atoms with van der Waals surface area (Å²) in [5.41, 5.74) is 0. The van der Waals surface area contributed by atoms with E-state index in [-0.39, 0.29) is 5.75 Å². The molecule has 0 radical (unpaired) electrons. The summed E-state index contributed by atoms with van der Waals surface area (Å²) in [4.78, 5) is 3.48. The van der Waals surface area contributed by atoms with Crippen LogP contribution in [0.5, 0.6) is 5.75 Å². The van der Waals surface area contributed by atoms with E-state index in [0.717, 1.165) is 12.2 Å². The van der Waals surface area contributed by atoms with Crippen LogP contribution in [0.1, 0.15) is 6.42 Å². The lowest BCUT2D eigenvalue weighted by molar-refractivity contribution is 0.298. The molecular formula is C9H12FNOS.